The quantitative estimate of drug-likeness (QED) is 0.414. The summed E-state index contributed by atoms with van der Waals surface area (Å²) < 4.78 is 4.72. The Morgan fingerprint density at radius 3 is 2.36 bits per heavy atom. The first-order chi connectivity index (χ1) is 10.1. The van der Waals surface area contributed by atoms with Crippen LogP contribution in [0.15, 0.2) is 0 Å². The molecule has 0 aromatic rings. The lowest BCUT2D eigenvalue weighted by Crippen LogP contribution is -2.52. The first-order valence-corrected chi connectivity index (χ1v) is 7.56. The maximum atomic E-state index is 11.9. The van der Waals surface area contributed by atoms with Crippen LogP contribution in [0.2, 0.25) is 0 Å². The second-order valence-corrected chi connectivity index (χ2v) is 6.28. The Morgan fingerprint density at radius 1 is 1.27 bits per heavy atom. The largest absolute Gasteiger partial charge is 0.481 e. The minimum atomic E-state index is -1.43. The summed E-state index contributed by atoms with van der Waals surface area (Å²) in [7, 11) is 0. The molecule has 128 valence electrons. The Hall–Kier alpha value is -1.63. The standard InChI is InChI=1S/C15H28N2O5/c1-5-6-10(2)9-15(3,4)17-14(21)13(16)22-12(20)8-7-11(18)19/h10,13H,5-9,16H2,1-4H3,(H,17,21)(H,18,19). The molecule has 0 saturated carbocycles. The van der Waals surface area contributed by atoms with Crippen LogP contribution in [0.1, 0.15) is 59.8 Å². The van der Waals surface area contributed by atoms with Crippen LogP contribution in [-0.2, 0) is 19.1 Å². The monoisotopic (exact) mass is 316 g/mol. The number of esters is 1. The van der Waals surface area contributed by atoms with Crippen molar-refractivity contribution in [1.29, 1.82) is 0 Å². The number of nitrogens with two attached hydrogens (primary N) is 1. The van der Waals surface area contributed by atoms with E-state index in [9.17, 15) is 14.4 Å². The van der Waals surface area contributed by atoms with Crippen molar-refractivity contribution in [1.82, 2.24) is 5.32 Å². The molecule has 0 rings (SSSR count). The molecule has 0 aliphatic heterocycles. The highest BCUT2D eigenvalue weighted by atomic mass is 16.6. The van der Waals surface area contributed by atoms with Gasteiger partial charge in [-0.3, -0.25) is 20.1 Å². The van der Waals surface area contributed by atoms with Crippen molar-refractivity contribution >= 4 is 17.8 Å². The number of rotatable bonds is 10. The summed E-state index contributed by atoms with van der Waals surface area (Å²) in [5, 5.41) is 11.2. The third-order valence-electron chi connectivity index (χ3n) is 3.16. The van der Waals surface area contributed by atoms with Gasteiger partial charge in [0.15, 0.2) is 0 Å². The van der Waals surface area contributed by atoms with Gasteiger partial charge in [-0.05, 0) is 26.2 Å². The topological polar surface area (TPSA) is 119 Å². The molecule has 4 N–H and O–H groups in total. The minimum Gasteiger partial charge on any atom is -0.481 e. The van der Waals surface area contributed by atoms with Crippen molar-refractivity contribution in [3.8, 4) is 0 Å². The Morgan fingerprint density at radius 2 is 1.86 bits per heavy atom. The highest BCUT2D eigenvalue weighted by molar-refractivity contribution is 5.84. The van der Waals surface area contributed by atoms with Crippen molar-refractivity contribution in [2.75, 3.05) is 0 Å². The molecule has 0 aromatic heterocycles. The predicted octanol–water partition coefficient (Wildman–Crippen LogP) is 1.40. The molecular formula is C15H28N2O5. The van der Waals surface area contributed by atoms with Gasteiger partial charge in [-0.15, -0.1) is 0 Å². The minimum absolute atomic E-state index is 0.312. The maximum absolute atomic E-state index is 11.9. The molecule has 0 fully saturated rings. The normalized spacial score (nSPS) is 14.0. The van der Waals surface area contributed by atoms with Crippen LogP contribution < -0.4 is 11.1 Å². The lowest BCUT2D eigenvalue weighted by Gasteiger charge is -2.30. The van der Waals surface area contributed by atoms with Gasteiger partial charge >= 0.3 is 11.9 Å². The molecule has 2 atom stereocenters. The van der Waals surface area contributed by atoms with Gasteiger partial charge in [0.25, 0.3) is 5.91 Å². The SMILES string of the molecule is CCCC(C)CC(C)(C)NC(=O)C(N)OC(=O)CCC(=O)O. The summed E-state index contributed by atoms with van der Waals surface area (Å²) in [6.07, 6.45) is 0.829. The van der Waals surface area contributed by atoms with Crippen LogP contribution in [0.25, 0.3) is 0 Å². The van der Waals surface area contributed by atoms with Gasteiger partial charge in [-0.1, -0.05) is 26.7 Å². The van der Waals surface area contributed by atoms with Crippen molar-refractivity contribution in [3.63, 3.8) is 0 Å². The average Bonchev–Trinajstić information content (AvgIpc) is 2.35. The smallest absolute Gasteiger partial charge is 0.308 e. The summed E-state index contributed by atoms with van der Waals surface area (Å²) >= 11 is 0. The number of aliphatic carboxylic acids is 1. The highest BCUT2D eigenvalue weighted by Crippen LogP contribution is 2.20. The number of nitrogens with one attached hydrogen (secondary N) is 1. The molecule has 7 heteroatoms. The molecule has 0 spiro atoms. The molecular weight excluding hydrogens is 288 g/mol. The molecule has 2 unspecified atom stereocenters. The van der Waals surface area contributed by atoms with Crippen molar-refractivity contribution in [2.45, 2.75) is 71.6 Å². The van der Waals surface area contributed by atoms with Gasteiger partial charge in [0.05, 0.1) is 12.8 Å². The van der Waals surface area contributed by atoms with E-state index in [0.29, 0.717) is 5.92 Å². The fourth-order valence-electron chi connectivity index (χ4n) is 2.38. The van der Waals surface area contributed by atoms with Gasteiger partial charge < -0.3 is 15.2 Å². The third-order valence-corrected chi connectivity index (χ3v) is 3.16. The molecule has 0 radical (unpaired) electrons. The molecule has 0 saturated heterocycles. The molecule has 0 aliphatic carbocycles. The van der Waals surface area contributed by atoms with Crippen molar-refractivity contribution < 1.29 is 24.2 Å². The lowest BCUT2D eigenvalue weighted by molar-refractivity contribution is -0.157. The fourth-order valence-corrected chi connectivity index (χ4v) is 2.38. The summed E-state index contributed by atoms with van der Waals surface area (Å²) in [5.41, 5.74) is 5.06. The van der Waals surface area contributed by atoms with Gasteiger partial charge in [0.2, 0.25) is 6.23 Å². The Kier molecular flexibility index (Phi) is 8.70. The molecule has 0 heterocycles. The predicted molar refractivity (Wildman–Crippen MR) is 81.8 cm³/mol. The number of carbonyl (C=O) groups is 3. The molecule has 0 aliphatic rings. The molecule has 22 heavy (non-hydrogen) atoms. The number of hydrogen-bond acceptors (Lipinski definition) is 5. The van der Waals surface area contributed by atoms with E-state index >= 15 is 0 Å². The Bertz CT molecular complexity index is 395. The van der Waals surface area contributed by atoms with E-state index in [1.807, 2.05) is 13.8 Å². The van der Waals surface area contributed by atoms with Gasteiger partial charge in [-0.2, -0.15) is 0 Å². The average molecular weight is 316 g/mol. The van der Waals surface area contributed by atoms with Crippen LogP contribution in [-0.4, -0.2) is 34.7 Å². The van der Waals surface area contributed by atoms with E-state index in [1.165, 1.54) is 0 Å². The Balaban J connectivity index is 4.33. The van der Waals surface area contributed by atoms with Crippen LogP contribution in [0.5, 0.6) is 0 Å². The molecule has 7 nitrogen and oxygen atoms in total. The first-order valence-electron chi connectivity index (χ1n) is 7.56. The molecule has 0 aromatic carbocycles. The summed E-state index contributed by atoms with van der Waals surface area (Å²) in [6, 6.07) is 0. The second kappa shape index (κ2) is 9.40. The summed E-state index contributed by atoms with van der Waals surface area (Å²) in [6.45, 7) is 7.99. The van der Waals surface area contributed by atoms with Crippen LogP contribution in [0.4, 0.5) is 0 Å². The van der Waals surface area contributed by atoms with Crippen LogP contribution in [0, 0.1) is 5.92 Å². The van der Waals surface area contributed by atoms with E-state index in [1.54, 1.807) is 0 Å². The van der Waals surface area contributed by atoms with Gasteiger partial charge in [-0.25, -0.2) is 0 Å². The second-order valence-electron chi connectivity index (χ2n) is 6.28. The number of carboxylic acids is 1. The Labute approximate surface area is 131 Å². The van der Waals surface area contributed by atoms with Gasteiger partial charge in [0, 0.05) is 5.54 Å². The molecule has 1 amide bonds. The first kappa shape index (κ1) is 20.4. The van der Waals surface area contributed by atoms with Crippen molar-refractivity contribution in [3.05, 3.63) is 0 Å². The zero-order valence-corrected chi connectivity index (χ0v) is 13.8. The number of carbonyl (C=O) groups excluding carboxylic acids is 2. The van der Waals surface area contributed by atoms with E-state index in [4.69, 9.17) is 15.6 Å². The fraction of sp³-hybridized carbons (Fsp3) is 0.800. The van der Waals surface area contributed by atoms with E-state index in [2.05, 4.69) is 19.2 Å². The zero-order valence-electron chi connectivity index (χ0n) is 13.8. The maximum Gasteiger partial charge on any atom is 0.308 e. The number of ether oxygens (including phenoxy) is 1. The van der Waals surface area contributed by atoms with Crippen LogP contribution >= 0.6 is 0 Å². The number of hydrogen-bond donors (Lipinski definition) is 3. The number of carboxylic acid groups (broad SMARTS) is 1. The van der Waals surface area contributed by atoms with Gasteiger partial charge in [0.1, 0.15) is 0 Å². The molecule has 0 bridgehead atoms. The van der Waals surface area contributed by atoms with Crippen LogP contribution in [0.3, 0.4) is 0 Å². The number of amides is 1. The van der Waals surface area contributed by atoms with Crippen molar-refractivity contribution in [2.24, 2.45) is 11.7 Å². The third kappa shape index (κ3) is 9.33. The van der Waals surface area contributed by atoms with E-state index < -0.39 is 29.6 Å². The summed E-state index contributed by atoms with van der Waals surface area (Å²) in [4.78, 5) is 33.6. The van der Waals surface area contributed by atoms with E-state index in [-0.39, 0.29) is 12.8 Å². The van der Waals surface area contributed by atoms with E-state index in [0.717, 1.165) is 19.3 Å². The highest BCUT2D eigenvalue weighted by Gasteiger charge is 2.27. The summed E-state index contributed by atoms with van der Waals surface area (Å²) in [5.74, 6) is -2.05. The lowest BCUT2D eigenvalue weighted by atomic mass is 9.89. The zero-order chi connectivity index (χ0) is 17.3.